The van der Waals surface area contributed by atoms with Gasteiger partial charge in [0.1, 0.15) is 11.9 Å². The summed E-state index contributed by atoms with van der Waals surface area (Å²) in [6, 6.07) is 0. The summed E-state index contributed by atoms with van der Waals surface area (Å²) >= 11 is 0. The summed E-state index contributed by atoms with van der Waals surface area (Å²) in [6.45, 7) is 5.62. The van der Waals surface area contributed by atoms with E-state index < -0.39 is 21.3 Å². The number of carbonyl (C=O) groups excluding carboxylic acids is 1. The van der Waals surface area contributed by atoms with Gasteiger partial charge in [-0.1, -0.05) is 6.58 Å². The van der Waals surface area contributed by atoms with Gasteiger partial charge in [0, 0.05) is 5.57 Å². The Morgan fingerprint density at radius 1 is 1.57 bits per heavy atom. The molecule has 0 aliphatic carbocycles. The van der Waals surface area contributed by atoms with Crippen molar-refractivity contribution in [2.24, 2.45) is 0 Å². The van der Waals surface area contributed by atoms with Gasteiger partial charge in [0.25, 0.3) is 10.1 Å². The zero-order chi connectivity index (χ0) is 10.6. The molecule has 0 fully saturated rings. The average Bonchev–Trinajstić information content (AvgIpc) is 1.97. The molecular formula is C7H12NaO5S+. The monoisotopic (exact) mass is 231 g/mol. The van der Waals surface area contributed by atoms with Crippen LogP contribution in [0, 0.1) is 0 Å². The summed E-state index contributed by atoms with van der Waals surface area (Å²) in [5.41, 5.74) is 0.183. The van der Waals surface area contributed by atoms with Gasteiger partial charge in [0.05, 0.1) is 0 Å². The van der Waals surface area contributed by atoms with Crippen LogP contribution in [0.3, 0.4) is 0 Å². The molecule has 0 heterocycles. The number of hydrogen-bond acceptors (Lipinski definition) is 4. The Balaban J connectivity index is 0. The second-order valence-electron chi connectivity index (χ2n) is 2.70. The summed E-state index contributed by atoms with van der Waals surface area (Å²) in [6.07, 6.45) is 0. The van der Waals surface area contributed by atoms with Gasteiger partial charge in [0.15, 0.2) is 0 Å². The van der Waals surface area contributed by atoms with Crippen LogP contribution in [-0.2, 0) is 19.6 Å². The van der Waals surface area contributed by atoms with E-state index in [-0.39, 0.29) is 41.7 Å². The van der Waals surface area contributed by atoms with E-state index in [2.05, 4.69) is 11.3 Å². The van der Waals surface area contributed by atoms with Crippen LogP contribution < -0.4 is 29.6 Å². The quantitative estimate of drug-likeness (QED) is 0.248. The van der Waals surface area contributed by atoms with E-state index in [9.17, 15) is 13.2 Å². The fourth-order valence-corrected chi connectivity index (χ4v) is 0.642. The Morgan fingerprint density at radius 2 is 2.00 bits per heavy atom. The fourth-order valence-electron chi connectivity index (χ4n) is 0.402. The van der Waals surface area contributed by atoms with E-state index in [1.165, 1.54) is 13.8 Å². The molecule has 0 amide bonds. The van der Waals surface area contributed by atoms with Crippen LogP contribution in [0.1, 0.15) is 13.8 Å². The molecule has 0 saturated heterocycles. The predicted molar refractivity (Wildman–Crippen MR) is 46.8 cm³/mol. The molecule has 0 aromatic carbocycles. The maximum Gasteiger partial charge on any atom is 1.00 e. The zero-order valence-electron chi connectivity index (χ0n) is 8.48. The third-order valence-electron chi connectivity index (χ3n) is 1.31. The Kier molecular flexibility index (Phi) is 7.77. The van der Waals surface area contributed by atoms with Crippen molar-refractivity contribution in [2.75, 3.05) is 6.61 Å². The van der Waals surface area contributed by atoms with E-state index in [1.807, 2.05) is 0 Å². The molecule has 0 saturated carbocycles. The molecule has 1 atom stereocenters. The molecule has 76 valence electrons. The van der Waals surface area contributed by atoms with E-state index in [0.29, 0.717) is 0 Å². The second kappa shape index (κ2) is 6.58. The topological polar surface area (TPSA) is 80.7 Å². The minimum absolute atomic E-state index is 0. The maximum atomic E-state index is 10.8. The molecule has 0 aromatic heterocycles. The van der Waals surface area contributed by atoms with Crippen molar-refractivity contribution in [3.8, 4) is 0 Å². The van der Waals surface area contributed by atoms with Crippen molar-refractivity contribution in [1.82, 2.24) is 0 Å². The molecule has 0 spiro atoms. The van der Waals surface area contributed by atoms with Crippen LogP contribution in [0.15, 0.2) is 12.2 Å². The largest absolute Gasteiger partial charge is 1.00 e. The molecule has 0 aliphatic heterocycles. The molecule has 0 radical (unpaired) electrons. The van der Waals surface area contributed by atoms with Crippen LogP contribution >= 0.6 is 0 Å². The van der Waals surface area contributed by atoms with E-state index >= 15 is 0 Å². The van der Waals surface area contributed by atoms with Crippen LogP contribution in [0.4, 0.5) is 0 Å². The van der Waals surface area contributed by atoms with E-state index in [0.717, 1.165) is 0 Å². The maximum absolute atomic E-state index is 10.8. The van der Waals surface area contributed by atoms with E-state index in [1.54, 1.807) is 0 Å². The first-order valence-electron chi connectivity index (χ1n) is 3.54. The summed E-state index contributed by atoms with van der Waals surface area (Å²) < 4.78 is 33.9. The molecule has 1 unspecified atom stereocenters. The summed E-state index contributed by atoms with van der Waals surface area (Å²) in [7, 11) is -4.13. The number of esters is 1. The molecule has 0 aliphatic rings. The van der Waals surface area contributed by atoms with Crippen molar-refractivity contribution in [3.05, 3.63) is 12.2 Å². The van der Waals surface area contributed by atoms with Crippen LogP contribution in [0.5, 0.6) is 0 Å². The number of carbonyl (C=O) groups is 1. The van der Waals surface area contributed by atoms with Gasteiger partial charge in [-0.25, -0.2) is 4.79 Å². The fraction of sp³-hybridized carbons (Fsp3) is 0.571. The minimum atomic E-state index is -4.13. The second-order valence-corrected chi connectivity index (χ2v) is 4.54. The molecular weight excluding hydrogens is 219 g/mol. The molecule has 0 bridgehead atoms. The Hall–Kier alpha value is 0.120. The molecule has 0 rings (SSSR count). The number of rotatable bonds is 4. The van der Waals surface area contributed by atoms with Gasteiger partial charge in [-0.3, -0.25) is 4.55 Å². The summed E-state index contributed by atoms with van der Waals surface area (Å²) in [4.78, 5) is 10.8. The van der Waals surface area contributed by atoms with Gasteiger partial charge in [0.2, 0.25) is 0 Å². The first-order chi connectivity index (χ1) is 5.75. The minimum Gasteiger partial charge on any atom is -0.461 e. The van der Waals surface area contributed by atoms with Gasteiger partial charge < -0.3 is 4.74 Å². The van der Waals surface area contributed by atoms with Crippen molar-refractivity contribution in [3.63, 3.8) is 0 Å². The normalized spacial score (nSPS) is 12.5. The third-order valence-corrected chi connectivity index (χ3v) is 2.46. The molecule has 5 nitrogen and oxygen atoms in total. The standard InChI is InChI=1S/C7H12O5S.Na/c1-5(2)7(8)12-4-6(3)13(9,10)11;/h6H,1,4H2,2-3H3,(H,9,10,11);/q;+1. The SMILES string of the molecule is C=C(C)C(=O)OCC(C)S(=O)(=O)O.[Na+]. The van der Waals surface area contributed by atoms with Crippen molar-refractivity contribution >= 4 is 16.1 Å². The van der Waals surface area contributed by atoms with Crippen molar-refractivity contribution in [2.45, 2.75) is 19.1 Å². The van der Waals surface area contributed by atoms with Gasteiger partial charge >= 0.3 is 35.5 Å². The summed E-state index contributed by atoms with van der Waals surface area (Å²) in [5.74, 6) is -0.671. The molecule has 1 N–H and O–H groups in total. The molecule has 14 heavy (non-hydrogen) atoms. The van der Waals surface area contributed by atoms with Crippen molar-refractivity contribution < 1.29 is 52.1 Å². The van der Waals surface area contributed by atoms with Gasteiger partial charge in [-0.05, 0) is 13.8 Å². The van der Waals surface area contributed by atoms with Gasteiger partial charge in [-0.15, -0.1) is 0 Å². The average molecular weight is 231 g/mol. The Bertz CT molecular complexity index is 308. The third kappa shape index (κ3) is 6.56. The van der Waals surface area contributed by atoms with Crippen LogP contribution in [-0.4, -0.2) is 30.8 Å². The number of ether oxygens (including phenoxy) is 1. The molecule has 7 heteroatoms. The number of hydrogen-bond donors (Lipinski definition) is 1. The smallest absolute Gasteiger partial charge is 0.461 e. The van der Waals surface area contributed by atoms with Crippen molar-refractivity contribution in [1.29, 1.82) is 0 Å². The van der Waals surface area contributed by atoms with Gasteiger partial charge in [-0.2, -0.15) is 8.42 Å². The predicted octanol–water partition coefficient (Wildman–Crippen LogP) is -2.61. The Labute approximate surface area is 106 Å². The first-order valence-corrected chi connectivity index (χ1v) is 5.04. The zero-order valence-corrected chi connectivity index (χ0v) is 11.3. The molecule has 0 aromatic rings. The van der Waals surface area contributed by atoms with Crippen LogP contribution in [0.2, 0.25) is 0 Å². The first kappa shape index (κ1) is 16.5. The van der Waals surface area contributed by atoms with E-state index in [4.69, 9.17) is 4.55 Å². The Morgan fingerprint density at radius 3 is 2.29 bits per heavy atom. The summed E-state index contributed by atoms with van der Waals surface area (Å²) in [5, 5.41) is -1.12. The van der Waals surface area contributed by atoms with Crippen LogP contribution in [0.25, 0.3) is 0 Å².